The Bertz CT molecular complexity index is 919. The third kappa shape index (κ3) is 5.66. The van der Waals surface area contributed by atoms with E-state index < -0.39 is 12.1 Å². The molecule has 0 aliphatic carbocycles. The number of hydrogen-bond donors (Lipinski definition) is 1. The Kier molecular flexibility index (Phi) is 8.25. The summed E-state index contributed by atoms with van der Waals surface area (Å²) in [5.74, 6) is -0.832. The van der Waals surface area contributed by atoms with Crippen LogP contribution in [0.5, 0.6) is 0 Å². The molecule has 0 spiro atoms. The maximum Gasteiger partial charge on any atom is 0.246 e. The summed E-state index contributed by atoms with van der Waals surface area (Å²) in [6.45, 7) is 4.78. The number of nitrogens with zero attached hydrogens (tertiary/aromatic N) is 3. The first kappa shape index (κ1) is 23.8. The lowest BCUT2D eigenvalue weighted by Crippen LogP contribution is -2.54. The zero-order valence-corrected chi connectivity index (χ0v) is 18.8. The standard InChI is InChI=1S/C25H32N4O3/c1-3-18(2)23(26)25(32)29(16-19-10-5-4-6-11-19)24(31)21-13-9-15-28(21)17-22(30)20-12-7-8-14-27-20/h4-8,10-12,14,18,21,23H,3,9,13,15-17,26H2,1-2H3/t18-,21-,23-/m0/s1. The number of aromatic nitrogens is 1. The number of pyridine rings is 1. The quantitative estimate of drug-likeness (QED) is 0.607. The smallest absolute Gasteiger partial charge is 0.246 e. The lowest BCUT2D eigenvalue weighted by atomic mass is 9.98. The van der Waals surface area contributed by atoms with E-state index in [-0.39, 0.29) is 36.6 Å². The molecule has 32 heavy (non-hydrogen) atoms. The highest BCUT2D eigenvalue weighted by Crippen LogP contribution is 2.22. The number of imide groups is 1. The minimum Gasteiger partial charge on any atom is -0.320 e. The van der Waals surface area contributed by atoms with E-state index >= 15 is 0 Å². The van der Waals surface area contributed by atoms with E-state index in [4.69, 9.17) is 5.73 Å². The molecule has 1 aromatic heterocycles. The fourth-order valence-corrected chi connectivity index (χ4v) is 3.98. The van der Waals surface area contributed by atoms with Crippen molar-refractivity contribution in [2.75, 3.05) is 13.1 Å². The van der Waals surface area contributed by atoms with Gasteiger partial charge in [0.15, 0.2) is 5.78 Å². The average Bonchev–Trinajstić information content (AvgIpc) is 3.29. The number of rotatable bonds is 9. The molecule has 1 aliphatic heterocycles. The summed E-state index contributed by atoms with van der Waals surface area (Å²) in [5, 5.41) is 0. The van der Waals surface area contributed by atoms with Crippen LogP contribution in [0, 0.1) is 5.92 Å². The van der Waals surface area contributed by atoms with Crippen molar-refractivity contribution < 1.29 is 14.4 Å². The molecule has 0 radical (unpaired) electrons. The molecule has 1 fully saturated rings. The molecule has 1 aromatic carbocycles. The summed E-state index contributed by atoms with van der Waals surface area (Å²) < 4.78 is 0. The van der Waals surface area contributed by atoms with E-state index in [1.54, 1.807) is 24.4 Å². The second kappa shape index (κ2) is 11.1. The molecule has 1 aliphatic rings. The fourth-order valence-electron chi connectivity index (χ4n) is 3.98. The first-order chi connectivity index (χ1) is 15.4. The third-order valence-electron chi connectivity index (χ3n) is 6.20. The van der Waals surface area contributed by atoms with Crippen LogP contribution in [-0.4, -0.2) is 57.6 Å². The van der Waals surface area contributed by atoms with Crippen molar-refractivity contribution in [2.24, 2.45) is 11.7 Å². The van der Waals surface area contributed by atoms with Gasteiger partial charge < -0.3 is 5.73 Å². The molecule has 2 N–H and O–H groups in total. The van der Waals surface area contributed by atoms with Crippen molar-refractivity contribution in [1.29, 1.82) is 0 Å². The van der Waals surface area contributed by atoms with E-state index in [1.807, 2.05) is 49.1 Å². The van der Waals surface area contributed by atoms with Crippen molar-refractivity contribution in [3.63, 3.8) is 0 Å². The van der Waals surface area contributed by atoms with Gasteiger partial charge in [-0.25, -0.2) is 0 Å². The van der Waals surface area contributed by atoms with Crippen LogP contribution in [0.1, 0.15) is 49.2 Å². The molecule has 0 unspecified atom stereocenters. The van der Waals surface area contributed by atoms with Gasteiger partial charge in [-0.05, 0) is 43.0 Å². The topological polar surface area (TPSA) is 96.6 Å². The minimum atomic E-state index is -0.752. The summed E-state index contributed by atoms with van der Waals surface area (Å²) in [5.41, 5.74) is 7.47. The van der Waals surface area contributed by atoms with Gasteiger partial charge in [0.25, 0.3) is 0 Å². The number of carbonyl (C=O) groups is 3. The summed E-state index contributed by atoms with van der Waals surface area (Å²) in [4.78, 5) is 46.9. The number of nitrogens with two attached hydrogens (primary N) is 1. The van der Waals surface area contributed by atoms with Gasteiger partial charge in [0, 0.05) is 6.20 Å². The van der Waals surface area contributed by atoms with Crippen LogP contribution in [0.2, 0.25) is 0 Å². The monoisotopic (exact) mass is 436 g/mol. The molecule has 7 heteroatoms. The van der Waals surface area contributed by atoms with Crippen LogP contribution in [0.4, 0.5) is 0 Å². The van der Waals surface area contributed by atoms with Gasteiger partial charge in [-0.1, -0.05) is 56.7 Å². The van der Waals surface area contributed by atoms with Crippen LogP contribution < -0.4 is 5.73 Å². The molecule has 2 amide bonds. The molecule has 0 saturated carbocycles. The summed E-state index contributed by atoms with van der Waals surface area (Å²) in [7, 11) is 0. The van der Waals surface area contributed by atoms with Gasteiger partial charge in [-0.2, -0.15) is 0 Å². The summed E-state index contributed by atoms with van der Waals surface area (Å²) in [6.07, 6.45) is 3.72. The van der Waals surface area contributed by atoms with E-state index in [0.717, 1.165) is 18.4 Å². The molecule has 1 saturated heterocycles. The fraction of sp³-hybridized carbons (Fsp3) is 0.440. The van der Waals surface area contributed by atoms with Crippen molar-refractivity contribution >= 4 is 17.6 Å². The largest absolute Gasteiger partial charge is 0.320 e. The highest BCUT2D eigenvalue weighted by molar-refractivity contribution is 6.01. The highest BCUT2D eigenvalue weighted by Gasteiger charge is 2.38. The van der Waals surface area contributed by atoms with Crippen LogP contribution in [-0.2, 0) is 16.1 Å². The number of hydrogen-bond acceptors (Lipinski definition) is 6. The van der Waals surface area contributed by atoms with Crippen LogP contribution in [0.15, 0.2) is 54.7 Å². The predicted molar refractivity (Wildman–Crippen MR) is 123 cm³/mol. The van der Waals surface area contributed by atoms with Gasteiger partial charge in [-0.15, -0.1) is 0 Å². The molecule has 3 rings (SSSR count). The zero-order chi connectivity index (χ0) is 23.1. The predicted octanol–water partition coefficient (Wildman–Crippen LogP) is 2.66. The van der Waals surface area contributed by atoms with Gasteiger partial charge >= 0.3 is 0 Å². The molecule has 2 aromatic rings. The Morgan fingerprint density at radius 2 is 1.88 bits per heavy atom. The SMILES string of the molecule is CC[C@H](C)[C@H](N)C(=O)N(Cc1ccccc1)C(=O)[C@@H]1CCCN1CC(=O)c1ccccn1. The molecular weight excluding hydrogens is 404 g/mol. The lowest BCUT2D eigenvalue weighted by molar-refractivity contribution is -0.149. The van der Waals surface area contributed by atoms with E-state index in [0.29, 0.717) is 18.7 Å². The van der Waals surface area contributed by atoms with E-state index in [9.17, 15) is 14.4 Å². The number of Topliss-reactive ketones (excluding diaryl/α,β-unsaturated/α-hetero) is 1. The second-order valence-electron chi connectivity index (χ2n) is 8.43. The van der Waals surface area contributed by atoms with Crippen molar-refractivity contribution in [1.82, 2.24) is 14.8 Å². The Hall–Kier alpha value is -2.90. The van der Waals surface area contributed by atoms with Gasteiger partial charge in [0.05, 0.1) is 25.2 Å². The number of carbonyl (C=O) groups excluding carboxylic acids is 3. The van der Waals surface area contributed by atoms with Crippen molar-refractivity contribution in [3.05, 3.63) is 66.0 Å². The maximum atomic E-state index is 13.6. The Labute approximate surface area is 189 Å². The normalized spacial score (nSPS) is 18.2. The molecule has 170 valence electrons. The highest BCUT2D eigenvalue weighted by atomic mass is 16.2. The van der Waals surface area contributed by atoms with Crippen LogP contribution >= 0.6 is 0 Å². The summed E-state index contributed by atoms with van der Waals surface area (Å²) >= 11 is 0. The zero-order valence-electron chi connectivity index (χ0n) is 18.8. The third-order valence-corrected chi connectivity index (χ3v) is 6.20. The number of benzene rings is 1. The Balaban J connectivity index is 1.80. The number of likely N-dealkylation sites (tertiary alicyclic amines) is 1. The Morgan fingerprint density at radius 1 is 1.16 bits per heavy atom. The lowest BCUT2D eigenvalue weighted by Gasteiger charge is -2.31. The van der Waals surface area contributed by atoms with Gasteiger partial charge in [-0.3, -0.25) is 29.2 Å². The Morgan fingerprint density at radius 3 is 2.53 bits per heavy atom. The summed E-state index contributed by atoms with van der Waals surface area (Å²) in [6, 6.07) is 13.3. The number of ketones is 1. The maximum absolute atomic E-state index is 13.6. The van der Waals surface area contributed by atoms with Crippen molar-refractivity contribution in [3.8, 4) is 0 Å². The molecular formula is C25H32N4O3. The van der Waals surface area contributed by atoms with Gasteiger partial charge in [0.2, 0.25) is 11.8 Å². The first-order valence-electron chi connectivity index (χ1n) is 11.2. The van der Waals surface area contributed by atoms with E-state index in [1.165, 1.54) is 4.90 Å². The minimum absolute atomic E-state index is 0.0426. The number of amides is 2. The van der Waals surface area contributed by atoms with Crippen LogP contribution in [0.25, 0.3) is 0 Å². The molecule has 0 bridgehead atoms. The molecule has 2 heterocycles. The first-order valence-corrected chi connectivity index (χ1v) is 11.2. The van der Waals surface area contributed by atoms with Gasteiger partial charge in [0.1, 0.15) is 5.69 Å². The molecule has 7 nitrogen and oxygen atoms in total. The van der Waals surface area contributed by atoms with Crippen molar-refractivity contribution in [2.45, 2.75) is 51.7 Å². The van der Waals surface area contributed by atoms with Crippen LogP contribution in [0.3, 0.4) is 0 Å². The molecule has 3 atom stereocenters. The van der Waals surface area contributed by atoms with E-state index in [2.05, 4.69) is 4.98 Å². The average molecular weight is 437 g/mol. The second-order valence-corrected chi connectivity index (χ2v) is 8.43.